The van der Waals surface area contributed by atoms with E-state index in [-0.39, 0.29) is 5.91 Å². The number of carbonyl (C=O) groups is 1. The number of thioether (sulfide) groups is 1. The Morgan fingerprint density at radius 3 is 3.14 bits per heavy atom. The molecule has 1 atom stereocenters. The van der Waals surface area contributed by atoms with Gasteiger partial charge in [-0.1, -0.05) is 18.7 Å². The molecule has 1 aliphatic carbocycles. The Kier molecular flexibility index (Phi) is 2.96. The van der Waals surface area contributed by atoms with Crippen LogP contribution in [0.4, 0.5) is 0 Å². The van der Waals surface area contributed by atoms with Gasteiger partial charge in [0.2, 0.25) is 5.91 Å². The number of nitrogens with one attached hydrogen (secondary N) is 2. The zero-order valence-electron chi connectivity index (χ0n) is 8.25. The summed E-state index contributed by atoms with van der Waals surface area (Å²) in [5.74, 6) is 0.821. The quantitative estimate of drug-likeness (QED) is 0.741. The van der Waals surface area contributed by atoms with Crippen LogP contribution >= 0.6 is 11.8 Å². The second-order valence-electron chi connectivity index (χ2n) is 3.72. The van der Waals surface area contributed by atoms with Crippen LogP contribution in [0.2, 0.25) is 0 Å². The number of amidine groups is 1. The van der Waals surface area contributed by atoms with Crippen LogP contribution in [0.3, 0.4) is 0 Å². The number of hydrogen-bond donors (Lipinski definition) is 2. The summed E-state index contributed by atoms with van der Waals surface area (Å²) in [5.41, 5.74) is 3.05. The largest absolute Gasteiger partial charge is 0.304 e. The predicted octanol–water partition coefficient (Wildman–Crippen LogP) is 1.25. The van der Waals surface area contributed by atoms with Crippen LogP contribution in [-0.4, -0.2) is 16.4 Å². The fraction of sp³-hybridized carbons (Fsp3) is 0.778. The average molecular weight is 213 g/mol. The lowest BCUT2D eigenvalue weighted by Gasteiger charge is -2.05. The lowest BCUT2D eigenvalue weighted by Crippen LogP contribution is -2.27. The van der Waals surface area contributed by atoms with E-state index in [2.05, 4.69) is 15.8 Å². The van der Waals surface area contributed by atoms with E-state index in [9.17, 15) is 4.79 Å². The lowest BCUT2D eigenvalue weighted by molar-refractivity contribution is -0.119. The molecular weight excluding hydrogens is 198 g/mol. The topological polar surface area (TPSA) is 53.5 Å². The summed E-state index contributed by atoms with van der Waals surface area (Å²) in [6.45, 7) is 1.99. The Balaban J connectivity index is 1.74. The third-order valence-electron chi connectivity index (χ3n) is 2.31. The fourth-order valence-corrected chi connectivity index (χ4v) is 2.45. The maximum Gasteiger partial charge on any atom is 0.225 e. The summed E-state index contributed by atoms with van der Waals surface area (Å²) in [5, 5.41) is 8.03. The molecule has 1 heterocycles. The molecule has 1 saturated carbocycles. The van der Waals surface area contributed by atoms with E-state index >= 15 is 0 Å². The molecule has 0 aromatic carbocycles. The van der Waals surface area contributed by atoms with Crippen LogP contribution in [-0.2, 0) is 4.79 Å². The zero-order chi connectivity index (χ0) is 9.97. The highest BCUT2D eigenvalue weighted by Gasteiger charge is 2.35. The second kappa shape index (κ2) is 4.21. The molecule has 2 N–H and O–H groups in total. The molecule has 0 spiro atoms. The summed E-state index contributed by atoms with van der Waals surface area (Å²) >= 11 is 1.64. The molecule has 0 saturated heterocycles. The van der Waals surface area contributed by atoms with Gasteiger partial charge < -0.3 is 5.32 Å². The van der Waals surface area contributed by atoms with Crippen LogP contribution < -0.4 is 10.7 Å². The standard InChI is InChI=1S/C9H15N3OS/c1-2-3-7(13)10-9-12-11-8(14-9)6-4-5-6/h6,8,11H,2-5H2,1H3,(H,10,12,13). The van der Waals surface area contributed by atoms with Crippen molar-refractivity contribution in [3.63, 3.8) is 0 Å². The maximum absolute atomic E-state index is 11.3. The lowest BCUT2D eigenvalue weighted by atomic mass is 10.3. The van der Waals surface area contributed by atoms with E-state index in [1.54, 1.807) is 11.8 Å². The Morgan fingerprint density at radius 1 is 1.71 bits per heavy atom. The van der Waals surface area contributed by atoms with Crippen molar-refractivity contribution in [3.8, 4) is 0 Å². The van der Waals surface area contributed by atoms with Crippen molar-refractivity contribution in [2.24, 2.45) is 11.0 Å². The number of carbonyl (C=O) groups excluding carboxylic acids is 1. The van der Waals surface area contributed by atoms with Crippen molar-refractivity contribution in [2.75, 3.05) is 0 Å². The summed E-state index contributed by atoms with van der Waals surface area (Å²) in [7, 11) is 0. The first-order valence-electron chi connectivity index (χ1n) is 5.09. The molecule has 0 aromatic rings. The number of rotatable bonds is 3. The normalized spacial score (nSPS) is 25.5. The Labute approximate surface area is 87.9 Å². The minimum Gasteiger partial charge on any atom is -0.304 e. The second-order valence-corrected chi connectivity index (χ2v) is 4.85. The van der Waals surface area contributed by atoms with Gasteiger partial charge in [0.05, 0.1) is 5.37 Å². The number of amides is 1. The maximum atomic E-state index is 11.3. The summed E-state index contributed by atoms with van der Waals surface area (Å²) in [4.78, 5) is 11.3. The molecular formula is C9H15N3OS. The van der Waals surface area contributed by atoms with Gasteiger partial charge in [0.15, 0.2) is 5.17 Å². The van der Waals surface area contributed by atoms with E-state index in [0.29, 0.717) is 11.8 Å². The van der Waals surface area contributed by atoms with E-state index in [0.717, 1.165) is 17.5 Å². The van der Waals surface area contributed by atoms with Crippen LogP contribution in [0.15, 0.2) is 5.10 Å². The minimum absolute atomic E-state index is 0.0667. The third kappa shape index (κ3) is 2.41. The van der Waals surface area contributed by atoms with Gasteiger partial charge in [0, 0.05) is 6.42 Å². The molecule has 78 valence electrons. The minimum atomic E-state index is 0.0667. The van der Waals surface area contributed by atoms with Crippen LogP contribution in [0.25, 0.3) is 0 Å². The van der Waals surface area contributed by atoms with Crippen LogP contribution in [0.5, 0.6) is 0 Å². The molecule has 2 rings (SSSR count). The number of hydrazone groups is 1. The van der Waals surface area contributed by atoms with Gasteiger partial charge in [-0.2, -0.15) is 5.10 Å². The van der Waals surface area contributed by atoms with E-state index in [1.807, 2.05) is 6.92 Å². The first-order chi connectivity index (χ1) is 6.79. The van der Waals surface area contributed by atoms with Gasteiger partial charge in [-0.3, -0.25) is 10.2 Å². The third-order valence-corrected chi connectivity index (χ3v) is 3.47. The van der Waals surface area contributed by atoms with Crippen LogP contribution in [0.1, 0.15) is 32.6 Å². The smallest absolute Gasteiger partial charge is 0.225 e. The van der Waals surface area contributed by atoms with Crippen molar-refractivity contribution >= 4 is 22.8 Å². The van der Waals surface area contributed by atoms with E-state index in [1.165, 1.54) is 12.8 Å². The highest BCUT2D eigenvalue weighted by atomic mass is 32.2. The molecule has 0 radical (unpaired) electrons. The van der Waals surface area contributed by atoms with E-state index < -0.39 is 0 Å². The van der Waals surface area contributed by atoms with E-state index in [4.69, 9.17) is 0 Å². The molecule has 1 amide bonds. The highest BCUT2D eigenvalue weighted by Crippen LogP contribution is 2.39. The van der Waals surface area contributed by atoms with Crippen molar-refractivity contribution in [1.29, 1.82) is 0 Å². The van der Waals surface area contributed by atoms with Gasteiger partial charge in [-0.25, -0.2) is 0 Å². The molecule has 1 unspecified atom stereocenters. The molecule has 1 aliphatic heterocycles. The summed E-state index contributed by atoms with van der Waals surface area (Å²) in [6.07, 6.45) is 4.03. The molecule has 2 aliphatic rings. The molecule has 14 heavy (non-hydrogen) atoms. The van der Waals surface area contributed by atoms with Gasteiger partial charge in [-0.15, -0.1) is 0 Å². The average Bonchev–Trinajstić information content (AvgIpc) is 2.89. The van der Waals surface area contributed by atoms with Crippen molar-refractivity contribution in [3.05, 3.63) is 0 Å². The number of nitrogens with zero attached hydrogens (tertiary/aromatic N) is 1. The van der Waals surface area contributed by atoms with Crippen LogP contribution in [0, 0.1) is 5.92 Å². The van der Waals surface area contributed by atoms with Crippen molar-refractivity contribution in [2.45, 2.75) is 38.0 Å². The zero-order valence-corrected chi connectivity index (χ0v) is 9.06. The Bertz CT molecular complexity index is 263. The molecule has 4 nitrogen and oxygen atoms in total. The Morgan fingerprint density at radius 2 is 2.50 bits per heavy atom. The summed E-state index contributed by atoms with van der Waals surface area (Å²) < 4.78 is 0. The Hall–Kier alpha value is -0.710. The van der Waals surface area contributed by atoms with Gasteiger partial charge >= 0.3 is 0 Å². The SMILES string of the molecule is CCCC(=O)NC1=NNC(C2CC2)S1. The fourth-order valence-electron chi connectivity index (χ4n) is 1.36. The van der Waals surface area contributed by atoms with Gasteiger partial charge in [-0.05, 0) is 25.2 Å². The van der Waals surface area contributed by atoms with Gasteiger partial charge in [0.25, 0.3) is 0 Å². The highest BCUT2D eigenvalue weighted by molar-refractivity contribution is 8.14. The molecule has 1 fully saturated rings. The predicted molar refractivity (Wildman–Crippen MR) is 57.7 cm³/mol. The van der Waals surface area contributed by atoms with Gasteiger partial charge in [0.1, 0.15) is 0 Å². The van der Waals surface area contributed by atoms with Crippen molar-refractivity contribution < 1.29 is 4.79 Å². The first-order valence-corrected chi connectivity index (χ1v) is 5.97. The monoisotopic (exact) mass is 213 g/mol. The summed E-state index contributed by atoms with van der Waals surface area (Å²) in [6, 6.07) is 0. The molecule has 5 heteroatoms. The number of hydrogen-bond acceptors (Lipinski definition) is 4. The molecule has 0 bridgehead atoms. The first kappa shape index (κ1) is 9.83. The molecule has 0 aromatic heterocycles. The van der Waals surface area contributed by atoms with Crippen molar-refractivity contribution in [1.82, 2.24) is 10.7 Å².